The second kappa shape index (κ2) is 12.2. The molecule has 0 radical (unpaired) electrons. The summed E-state index contributed by atoms with van der Waals surface area (Å²) in [5.41, 5.74) is 2.63. The van der Waals surface area contributed by atoms with E-state index in [1.54, 1.807) is 66.9 Å². The number of aromatic nitrogens is 1. The molecule has 2 amide bonds. The van der Waals surface area contributed by atoms with Crippen molar-refractivity contribution in [3.8, 4) is 23.0 Å². The minimum atomic E-state index is -1.02. The van der Waals surface area contributed by atoms with E-state index in [0.29, 0.717) is 34.2 Å². The number of ether oxygens (including phenoxy) is 4. The third-order valence-electron chi connectivity index (χ3n) is 6.53. The van der Waals surface area contributed by atoms with E-state index < -0.39 is 11.9 Å². The van der Waals surface area contributed by atoms with Gasteiger partial charge in [0, 0.05) is 25.0 Å². The van der Waals surface area contributed by atoms with E-state index in [1.807, 2.05) is 36.4 Å². The van der Waals surface area contributed by atoms with Crippen molar-refractivity contribution >= 4 is 17.5 Å². The van der Waals surface area contributed by atoms with Crippen LogP contribution < -0.4 is 24.3 Å². The molecule has 0 saturated heterocycles. The third-order valence-corrected chi connectivity index (χ3v) is 6.53. The van der Waals surface area contributed by atoms with E-state index in [0.717, 1.165) is 11.1 Å². The highest BCUT2D eigenvalue weighted by Gasteiger charge is 2.33. The van der Waals surface area contributed by atoms with Gasteiger partial charge in [-0.1, -0.05) is 42.5 Å². The predicted octanol–water partition coefficient (Wildman–Crippen LogP) is 4.78. The fourth-order valence-electron chi connectivity index (χ4n) is 4.54. The van der Waals surface area contributed by atoms with Crippen molar-refractivity contribution in [2.45, 2.75) is 19.0 Å². The van der Waals surface area contributed by atoms with Gasteiger partial charge in [-0.2, -0.15) is 0 Å². The van der Waals surface area contributed by atoms with Gasteiger partial charge in [-0.05, 0) is 47.0 Å². The number of hydrogen-bond donors (Lipinski definition) is 1. The topological polar surface area (TPSA) is 99.2 Å². The first-order chi connectivity index (χ1) is 19.6. The van der Waals surface area contributed by atoms with Crippen LogP contribution in [0.25, 0.3) is 0 Å². The molecule has 0 aliphatic carbocycles. The van der Waals surface area contributed by atoms with Crippen LogP contribution in [0.15, 0.2) is 91.3 Å². The van der Waals surface area contributed by atoms with E-state index in [9.17, 15) is 9.59 Å². The van der Waals surface area contributed by atoms with Gasteiger partial charge in [0.2, 0.25) is 12.7 Å². The normalized spacial score (nSPS) is 12.3. The molecule has 1 N–H and O–H groups in total. The van der Waals surface area contributed by atoms with Crippen molar-refractivity contribution in [3.05, 3.63) is 108 Å². The quantitative estimate of drug-likeness (QED) is 0.310. The lowest BCUT2D eigenvalue weighted by Gasteiger charge is -2.32. The largest absolute Gasteiger partial charge is 0.497 e. The van der Waals surface area contributed by atoms with Gasteiger partial charge in [0.1, 0.15) is 17.5 Å². The molecule has 40 heavy (non-hydrogen) atoms. The van der Waals surface area contributed by atoms with Crippen LogP contribution in [0.5, 0.6) is 23.0 Å². The molecule has 4 aromatic rings. The first-order valence-corrected chi connectivity index (χ1v) is 12.7. The van der Waals surface area contributed by atoms with Gasteiger partial charge in [-0.25, -0.2) is 0 Å². The Kier molecular flexibility index (Phi) is 8.10. The zero-order valence-corrected chi connectivity index (χ0v) is 22.2. The van der Waals surface area contributed by atoms with Crippen molar-refractivity contribution in [3.63, 3.8) is 0 Å². The van der Waals surface area contributed by atoms with Crippen LogP contribution in [0.2, 0.25) is 0 Å². The molecule has 2 heterocycles. The molecular formula is C31H29N3O6. The van der Waals surface area contributed by atoms with Crippen LogP contribution in [0.4, 0.5) is 5.69 Å². The Morgan fingerprint density at radius 2 is 1.73 bits per heavy atom. The van der Waals surface area contributed by atoms with E-state index in [1.165, 1.54) is 7.11 Å². The lowest BCUT2D eigenvalue weighted by molar-refractivity contribution is -0.139. The maximum atomic E-state index is 14.1. The summed E-state index contributed by atoms with van der Waals surface area (Å²) >= 11 is 0. The van der Waals surface area contributed by atoms with Gasteiger partial charge in [-0.3, -0.25) is 14.6 Å². The molecule has 0 bridgehead atoms. The van der Waals surface area contributed by atoms with Crippen LogP contribution in [0.1, 0.15) is 22.7 Å². The standard InChI is InChI=1S/C31H29N3O6/c1-37-24-11-12-25(27(17-24)38-2)33-31(36)30(23-10-13-26-28(16-23)40-20-39-26)34(19-22-9-6-14-32-18-22)29(35)15-21-7-4-3-5-8-21/h3-14,16-18,30H,15,19-20H2,1-2H3,(H,33,36). The summed E-state index contributed by atoms with van der Waals surface area (Å²) in [6.07, 6.45) is 3.46. The number of methoxy groups -OCH3 is 2. The summed E-state index contributed by atoms with van der Waals surface area (Å²) in [4.78, 5) is 33.9. The molecule has 9 heteroatoms. The maximum absolute atomic E-state index is 14.1. The van der Waals surface area contributed by atoms with Crippen LogP contribution in [0, 0.1) is 0 Å². The number of pyridine rings is 1. The highest BCUT2D eigenvalue weighted by Crippen LogP contribution is 2.37. The molecule has 1 aliphatic heterocycles. The summed E-state index contributed by atoms with van der Waals surface area (Å²) < 4.78 is 21.9. The van der Waals surface area contributed by atoms with E-state index in [4.69, 9.17) is 18.9 Å². The average Bonchev–Trinajstić information content (AvgIpc) is 3.46. The second-order valence-corrected chi connectivity index (χ2v) is 9.12. The number of carbonyl (C=O) groups is 2. The monoisotopic (exact) mass is 539 g/mol. The van der Waals surface area contributed by atoms with Crippen molar-refractivity contribution in [2.24, 2.45) is 0 Å². The van der Waals surface area contributed by atoms with Crippen molar-refractivity contribution in [2.75, 3.05) is 26.3 Å². The van der Waals surface area contributed by atoms with Crippen molar-refractivity contribution in [1.29, 1.82) is 0 Å². The van der Waals surface area contributed by atoms with E-state index >= 15 is 0 Å². The molecule has 5 rings (SSSR count). The van der Waals surface area contributed by atoms with Gasteiger partial charge in [-0.15, -0.1) is 0 Å². The summed E-state index contributed by atoms with van der Waals surface area (Å²) in [5.74, 6) is 1.44. The molecule has 3 aromatic carbocycles. The number of hydrogen-bond acceptors (Lipinski definition) is 7. The Bertz CT molecular complexity index is 1480. The number of nitrogens with zero attached hydrogens (tertiary/aromatic N) is 2. The van der Waals surface area contributed by atoms with Gasteiger partial charge >= 0.3 is 0 Å². The SMILES string of the molecule is COc1ccc(NC(=O)C(c2ccc3c(c2)OCO3)N(Cc2cccnc2)C(=O)Cc2ccccc2)c(OC)c1. The first kappa shape index (κ1) is 26.6. The Balaban J connectivity index is 1.56. The second-order valence-electron chi connectivity index (χ2n) is 9.12. The number of anilines is 1. The summed E-state index contributed by atoms with van der Waals surface area (Å²) in [6, 6.07) is 22.4. The van der Waals surface area contributed by atoms with E-state index in [2.05, 4.69) is 10.3 Å². The summed E-state index contributed by atoms with van der Waals surface area (Å²) in [7, 11) is 3.06. The van der Waals surface area contributed by atoms with Gasteiger partial charge in [0.25, 0.3) is 5.91 Å². The number of nitrogens with one attached hydrogen (secondary N) is 1. The minimum absolute atomic E-state index is 0.0883. The average molecular weight is 540 g/mol. The Labute approximate surface area is 232 Å². The fraction of sp³-hybridized carbons (Fsp3) is 0.194. The van der Waals surface area contributed by atoms with Crippen LogP contribution in [-0.2, 0) is 22.6 Å². The first-order valence-electron chi connectivity index (χ1n) is 12.7. The highest BCUT2D eigenvalue weighted by molar-refractivity contribution is 5.99. The number of benzene rings is 3. The molecule has 9 nitrogen and oxygen atoms in total. The zero-order chi connectivity index (χ0) is 27.9. The lowest BCUT2D eigenvalue weighted by Crippen LogP contribution is -2.41. The summed E-state index contributed by atoms with van der Waals surface area (Å²) in [6.45, 7) is 0.247. The van der Waals surface area contributed by atoms with E-state index in [-0.39, 0.29) is 25.7 Å². The molecule has 1 atom stereocenters. The van der Waals surface area contributed by atoms with Gasteiger partial charge in [0.05, 0.1) is 26.3 Å². The zero-order valence-electron chi connectivity index (χ0n) is 22.2. The molecule has 1 aliphatic rings. The Morgan fingerprint density at radius 3 is 2.48 bits per heavy atom. The molecule has 0 fully saturated rings. The molecule has 1 aromatic heterocycles. The van der Waals surface area contributed by atoms with Gasteiger partial charge in [0.15, 0.2) is 11.5 Å². The fourth-order valence-corrected chi connectivity index (χ4v) is 4.54. The molecule has 0 saturated carbocycles. The Morgan fingerprint density at radius 1 is 0.925 bits per heavy atom. The van der Waals surface area contributed by atoms with Crippen LogP contribution in [0.3, 0.4) is 0 Å². The van der Waals surface area contributed by atoms with Gasteiger partial charge < -0.3 is 29.2 Å². The molecule has 204 valence electrons. The third kappa shape index (κ3) is 5.99. The molecule has 0 spiro atoms. The van der Waals surface area contributed by atoms with Crippen molar-refractivity contribution in [1.82, 2.24) is 9.88 Å². The smallest absolute Gasteiger partial charge is 0.251 e. The number of fused-ring (bicyclic) bond motifs is 1. The van der Waals surface area contributed by atoms with Crippen LogP contribution >= 0.6 is 0 Å². The predicted molar refractivity (Wildman–Crippen MR) is 148 cm³/mol. The lowest BCUT2D eigenvalue weighted by atomic mass is 10.0. The number of amides is 2. The minimum Gasteiger partial charge on any atom is -0.497 e. The summed E-state index contributed by atoms with van der Waals surface area (Å²) in [5, 5.41) is 2.96. The molecule has 1 unspecified atom stereocenters. The number of rotatable bonds is 10. The van der Waals surface area contributed by atoms with Crippen LogP contribution in [-0.4, -0.2) is 42.7 Å². The highest BCUT2D eigenvalue weighted by atomic mass is 16.7. The molecular weight excluding hydrogens is 510 g/mol. The Hall–Kier alpha value is -5.05. The van der Waals surface area contributed by atoms with Crippen molar-refractivity contribution < 1.29 is 28.5 Å². The number of carbonyl (C=O) groups excluding carboxylic acids is 2. The maximum Gasteiger partial charge on any atom is 0.251 e.